The quantitative estimate of drug-likeness (QED) is 0.660. The molecule has 0 bridgehead atoms. The summed E-state index contributed by atoms with van der Waals surface area (Å²) in [6.07, 6.45) is 0. The van der Waals surface area contributed by atoms with E-state index in [9.17, 15) is 13.6 Å². The van der Waals surface area contributed by atoms with Crippen LogP contribution in [0.3, 0.4) is 0 Å². The summed E-state index contributed by atoms with van der Waals surface area (Å²) in [5.74, 6) is -1.26. The number of carbonyl (C=O) groups excluding carboxylic acids is 1. The molecule has 0 aliphatic rings. The van der Waals surface area contributed by atoms with E-state index in [2.05, 4.69) is 5.32 Å². The topological polar surface area (TPSA) is 55.1 Å². The Balaban J connectivity index is 1.94. The van der Waals surface area contributed by atoms with Gasteiger partial charge in [-0.25, -0.2) is 8.78 Å². The van der Waals surface area contributed by atoms with Gasteiger partial charge in [0.1, 0.15) is 11.6 Å². The number of hydrogen-bond acceptors (Lipinski definition) is 3. The van der Waals surface area contributed by atoms with Gasteiger partial charge in [0.25, 0.3) is 0 Å². The zero-order chi connectivity index (χ0) is 15.4. The van der Waals surface area contributed by atoms with Crippen molar-refractivity contribution in [3.05, 3.63) is 53.1 Å². The lowest BCUT2D eigenvalue weighted by Crippen LogP contribution is -2.14. The van der Waals surface area contributed by atoms with E-state index in [0.717, 1.165) is 11.8 Å². The molecule has 0 spiro atoms. The van der Waals surface area contributed by atoms with Crippen LogP contribution < -0.4 is 11.1 Å². The largest absolute Gasteiger partial charge is 0.399 e. The molecule has 0 saturated carbocycles. The molecule has 2 aromatic carbocycles. The Morgan fingerprint density at radius 3 is 2.67 bits per heavy atom. The monoisotopic (exact) mass is 328 g/mol. The number of anilines is 2. The summed E-state index contributed by atoms with van der Waals surface area (Å²) >= 11 is 6.76. The van der Waals surface area contributed by atoms with Crippen LogP contribution in [0.15, 0.2) is 41.3 Å². The number of thioether (sulfide) groups is 1. The number of nitrogens with two attached hydrogens (primary N) is 1. The highest BCUT2D eigenvalue weighted by molar-refractivity contribution is 8.00. The van der Waals surface area contributed by atoms with Crippen LogP contribution in [0.25, 0.3) is 0 Å². The fourth-order valence-electron chi connectivity index (χ4n) is 1.59. The van der Waals surface area contributed by atoms with Crippen LogP contribution in [0.1, 0.15) is 0 Å². The Labute approximate surface area is 129 Å². The van der Waals surface area contributed by atoms with E-state index in [-0.39, 0.29) is 16.7 Å². The Morgan fingerprint density at radius 1 is 1.24 bits per heavy atom. The van der Waals surface area contributed by atoms with Crippen LogP contribution in [0, 0.1) is 11.6 Å². The molecular formula is C14H11ClF2N2OS. The number of benzene rings is 2. The molecular weight excluding hydrogens is 318 g/mol. The third-order valence-electron chi connectivity index (χ3n) is 2.47. The molecule has 3 N–H and O–H groups in total. The van der Waals surface area contributed by atoms with Crippen LogP contribution in [0.4, 0.5) is 20.2 Å². The number of amides is 1. The van der Waals surface area contributed by atoms with Crippen molar-refractivity contribution in [1.82, 2.24) is 0 Å². The van der Waals surface area contributed by atoms with Crippen LogP contribution in [-0.2, 0) is 4.79 Å². The van der Waals surface area contributed by atoms with Crippen LogP contribution >= 0.6 is 23.4 Å². The third kappa shape index (κ3) is 4.61. The van der Waals surface area contributed by atoms with Crippen molar-refractivity contribution < 1.29 is 13.6 Å². The van der Waals surface area contributed by atoms with Crippen molar-refractivity contribution in [2.24, 2.45) is 0 Å². The zero-order valence-corrected chi connectivity index (χ0v) is 12.3. The Hall–Kier alpha value is -1.79. The van der Waals surface area contributed by atoms with Crippen molar-refractivity contribution in [1.29, 1.82) is 0 Å². The maximum absolute atomic E-state index is 13.1. The second-order valence-electron chi connectivity index (χ2n) is 4.19. The first-order chi connectivity index (χ1) is 9.94. The first-order valence-electron chi connectivity index (χ1n) is 5.88. The number of hydrogen-bond donors (Lipinski definition) is 2. The maximum Gasteiger partial charge on any atom is 0.234 e. The maximum atomic E-state index is 13.1. The van der Waals surface area contributed by atoms with Gasteiger partial charge in [-0.3, -0.25) is 4.79 Å². The molecule has 7 heteroatoms. The van der Waals surface area contributed by atoms with E-state index in [4.69, 9.17) is 17.3 Å². The molecule has 3 nitrogen and oxygen atoms in total. The first-order valence-corrected chi connectivity index (χ1v) is 7.24. The van der Waals surface area contributed by atoms with E-state index < -0.39 is 11.6 Å². The summed E-state index contributed by atoms with van der Waals surface area (Å²) in [4.78, 5) is 12.3. The van der Waals surface area contributed by atoms with Crippen LogP contribution in [0.5, 0.6) is 0 Å². The van der Waals surface area contributed by atoms with Crippen LogP contribution in [-0.4, -0.2) is 11.7 Å². The van der Waals surface area contributed by atoms with Gasteiger partial charge in [-0.15, -0.1) is 11.8 Å². The molecule has 0 aliphatic carbocycles. The fourth-order valence-corrected chi connectivity index (χ4v) is 2.55. The average Bonchev–Trinajstić information content (AvgIpc) is 2.40. The SMILES string of the molecule is Nc1cc(F)cc(SCC(=O)Nc2ccc(F)c(Cl)c2)c1. The van der Waals surface area contributed by atoms with Crippen molar-refractivity contribution in [2.75, 3.05) is 16.8 Å². The van der Waals surface area contributed by atoms with E-state index in [1.165, 1.54) is 30.3 Å². The van der Waals surface area contributed by atoms with Crippen molar-refractivity contribution in [3.8, 4) is 0 Å². The Morgan fingerprint density at radius 2 is 2.00 bits per heavy atom. The number of rotatable bonds is 4. The van der Waals surface area contributed by atoms with Gasteiger partial charge in [-0.05, 0) is 36.4 Å². The van der Waals surface area contributed by atoms with Crippen molar-refractivity contribution >= 4 is 40.6 Å². The minimum Gasteiger partial charge on any atom is -0.399 e. The summed E-state index contributed by atoms with van der Waals surface area (Å²) < 4.78 is 26.1. The predicted octanol–water partition coefficient (Wildman–Crippen LogP) is 3.93. The first kappa shape index (κ1) is 15.6. The van der Waals surface area contributed by atoms with E-state index in [1.807, 2.05) is 0 Å². The van der Waals surface area contributed by atoms with Crippen molar-refractivity contribution in [3.63, 3.8) is 0 Å². The van der Waals surface area contributed by atoms with Gasteiger partial charge in [-0.1, -0.05) is 11.6 Å². The number of nitrogen functional groups attached to an aromatic ring is 1. The summed E-state index contributed by atoms with van der Waals surface area (Å²) in [6.45, 7) is 0. The third-order valence-corrected chi connectivity index (χ3v) is 3.73. The molecule has 0 atom stereocenters. The minimum atomic E-state index is -0.556. The molecule has 2 aromatic rings. The molecule has 0 aliphatic heterocycles. The molecule has 0 radical (unpaired) electrons. The highest BCUT2D eigenvalue weighted by Gasteiger charge is 2.07. The standard InChI is InChI=1S/C14H11ClF2N2OS/c15-12-6-10(1-2-13(12)17)19-14(20)7-21-11-4-8(16)3-9(18)5-11/h1-6H,7,18H2,(H,19,20). The smallest absolute Gasteiger partial charge is 0.234 e. The van der Waals surface area contributed by atoms with Gasteiger partial charge in [0.15, 0.2) is 0 Å². The normalized spacial score (nSPS) is 10.4. The summed E-state index contributed by atoms with van der Waals surface area (Å²) in [6, 6.07) is 7.96. The molecule has 0 fully saturated rings. The molecule has 0 heterocycles. The Kier molecular flexibility index (Phi) is 5.03. The van der Waals surface area contributed by atoms with Gasteiger partial charge in [0.05, 0.1) is 10.8 Å². The van der Waals surface area contributed by atoms with Crippen LogP contribution in [0.2, 0.25) is 5.02 Å². The van der Waals surface area contributed by atoms with E-state index in [0.29, 0.717) is 16.3 Å². The second-order valence-corrected chi connectivity index (χ2v) is 5.64. The van der Waals surface area contributed by atoms with E-state index in [1.54, 1.807) is 6.07 Å². The highest BCUT2D eigenvalue weighted by Crippen LogP contribution is 2.23. The molecule has 110 valence electrons. The van der Waals surface area contributed by atoms with Gasteiger partial charge in [-0.2, -0.15) is 0 Å². The minimum absolute atomic E-state index is 0.0674. The highest BCUT2D eigenvalue weighted by atomic mass is 35.5. The molecule has 0 saturated heterocycles. The van der Waals surface area contributed by atoms with Gasteiger partial charge >= 0.3 is 0 Å². The predicted molar refractivity (Wildman–Crippen MR) is 81.6 cm³/mol. The zero-order valence-electron chi connectivity index (χ0n) is 10.7. The summed E-state index contributed by atoms with van der Waals surface area (Å²) in [7, 11) is 0. The summed E-state index contributed by atoms with van der Waals surface area (Å²) in [5, 5.41) is 2.50. The molecule has 1 amide bonds. The number of halogens is 3. The van der Waals surface area contributed by atoms with E-state index >= 15 is 0 Å². The van der Waals surface area contributed by atoms with Crippen molar-refractivity contribution in [2.45, 2.75) is 4.90 Å². The molecule has 0 unspecified atom stereocenters. The lowest BCUT2D eigenvalue weighted by molar-refractivity contribution is -0.113. The Bertz CT molecular complexity index is 662. The average molecular weight is 329 g/mol. The second kappa shape index (κ2) is 6.78. The van der Waals surface area contributed by atoms with Gasteiger partial charge in [0, 0.05) is 16.3 Å². The summed E-state index contributed by atoms with van der Waals surface area (Å²) in [5.41, 5.74) is 6.20. The lowest BCUT2D eigenvalue weighted by Gasteiger charge is -2.06. The number of carbonyl (C=O) groups is 1. The molecule has 21 heavy (non-hydrogen) atoms. The van der Waals surface area contributed by atoms with Gasteiger partial charge in [0.2, 0.25) is 5.91 Å². The fraction of sp³-hybridized carbons (Fsp3) is 0.0714. The lowest BCUT2D eigenvalue weighted by atomic mass is 10.3. The molecule has 2 rings (SSSR count). The van der Waals surface area contributed by atoms with Gasteiger partial charge < -0.3 is 11.1 Å². The number of nitrogens with one attached hydrogen (secondary N) is 1. The molecule has 0 aromatic heterocycles.